The lowest BCUT2D eigenvalue weighted by Crippen LogP contribution is -2.47. The first-order chi connectivity index (χ1) is 12.3. The molecular weight excluding hydrogens is 314 g/mol. The fourth-order valence-corrected chi connectivity index (χ4v) is 3.70. The van der Waals surface area contributed by atoms with Crippen LogP contribution in [0.15, 0.2) is 47.7 Å². The van der Waals surface area contributed by atoms with E-state index in [1.54, 1.807) is 0 Å². The van der Waals surface area contributed by atoms with Crippen LogP contribution < -0.4 is 10.6 Å². The Bertz CT molecular complexity index is 726. The molecule has 25 heavy (non-hydrogen) atoms. The Morgan fingerprint density at radius 2 is 2.16 bits per heavy atom. The largest absolute Gasteiger partial charge is 0.373 e. The minimum Gasteiger partial charge on any atom is -0.373 e. The summed E-state index contributed by atoms with van der Waals surface area (Å²) in [6, 6.07) is 10.7. The number of fused-ring (bicyclic) bond motifs is 2. The predicted octanol–water partition coefficient (Wildman–Crippen LogP) is 1.92. The van der Waals surface area contributed by atoms with E-state index >= 15 is 0 Å². The van der Waals surface area contributed by atoms with Crippen LogP contribution in [-0.2, 0) is 17.8 Å². The zero-order valence-corrected chi connectivity index (χ0v) is 14.6. The fourth-order valence-electron chi connectivity index (χ4n) is 3.70. The fraction of sp³-hybridized carbons (Fsp3) is 0.474. The summed E-state index contributed by atoms with van der Waals surface area (Å²) in [4.78, 5) is 4.34. The quantitative estimate of drug-likeness (QED) is 0.645. The van der Waals surface area contributed by atoms with Gasteiger partial charge in [-0.25, -0.2) is 0 Å². The van der Waals surface area contributed by atoms with Crippen molar-refractivity contribution in [2.45, 2.75) is 50.6 Å². The first-order valence-corrected chi connectivity index (χ1v) is 8.98. The van der Waals surface area contributed by atoms with Crippen LogP contribution in [0, 0.1) is 0 Å². The van der Waals surface area contributed by atoms with Crippen molar-refractivity contribution < 1.29 is 4.74 Å². The lowest BCUT2D eigenvalue weighted by Gasteiger charge is -2.22. The number of aromatic nitrogens is 2. The summed E-state index contributed by atoms with van der Waals surface area (Å²) in [6.07, 6.45) is 8.22. The minimum absolute atomic E-state index is 0.345. The SMILES string of the molecule is CN=C(NCc1cnn(Cc2ccccc2)c1)NC1CC2CCC1O2. The van der Waals surface area contributed by atoms with Gasteiger partial charge in [0.2, 0.25) is 0 Å². The van der Waals surface area contributed by atoms with Gasteiger partial charge in [0.15, 0.2) is 5.96 Å². The molecule has 1 aromatic heterocycles. The third kappa shape index (κ3) is 3.85. The molecule has 6 nitrogen and oxygen atoms in total. The monoisotopic (exact) mass is 339 g/mol. The summed E-state index contributed by atoms with van der Waals surface area (Å²) < 4.78 is 7.86. The molecule has 2 aliphatic heterocycles. The topological polar surface area (TPSA) is 63.5 Å². The van der Waals surface area contributed by atoms with Gasteiger partial charge >= 0.3 is 0 Å². The standard InChI is InChI=1S/C19H25N5O/c1-20-19(23-17-9-16-7-8-18(17)25-16)21-10-15-11-22-24(13-15)12-14-5-3-2-4-6-14/h2-6,11,13,16-18H,7-10,12H2,1H3,(H2,20,21,23). The number of hydrogen-bond donors (Lipinski definition) is 2. The maximum Gasteiger partial charge on any atom is 0.191 e. The van der Waals surface area contributed by atoms with Crippen molar-refractivity contribution in [1.82, 2.24) is 20.4 Å². The number of rotatable bonds is 5. The van der Waals surface area contributed by atoms with Crippen molar-refractivity contribution in [2.24, 2.45) is 4.99 Å². The van der Waals surface area contributed by atoms with Crippen LogP contribution >= 0.6 is 0 Å². The highest BCUT2D eigenvalue weighted by Crippen LogP contribution is 2.34. The molecule has 3 unspecified atom stereocenters. The summed E-state index contributed by atoms with van der Waals surface area (Å²) in [5.74, 6) is 0.831. The number of ether oxygens (including phenoxy) is 1. The molecule has 1 aromatic carbocycles. The molecule has 0 radical (unpaired) electrons. The molecule has 0 spiro atoms. The summed E-state index contributed by atoms with van der Waals surface area (Å²) in [5, 5.41) is 11.3. The van der Waals surface area contributed by atoms with Gasteiger partial charge in [-0.2, -0.15) is 5.10 Å². The molecule has 132 valence electrons. The lowest BCUT2D eigenvalue weighted by atomic mass is 9.96. The summed E-state index contributed by atoms with van der Waals surface area (Å²) in [5.41, 5.74) is 2.39. The molecule has 2 fully saturated rings. The zero-order valence-electron chi connectivity index (χ0n) is 14.6. The first kappa shape index (κ1) is 16.1. The number of hydrogen-bond acceptors (Lipinski definition) is 3. The second kappa shape index (κ2) is 7.27. The van der Waals surface area contributed by atoms with E-state index in [-0.39, 0.29) is 0 Å². The maximum absolute atomic E-state index is 5.89. The Labute approximate surface area is 148 Å². The van der Waals surface area contributed by atoms with Crippen LogP contribution in [0.25, 0.3) is 0 Å². The van der Waals surface area contributed by atoms with Gasteiger partial charge in [-0.15, -0.1) is 0 Å². The molecule has 2 aromatic rings. The van der Waals surface area contributed by atoms with Crippen molar-refractivity contribution in [3.63, 3.8) is 0 Å². The molecule has 2 bridgehead atoms. The van der Waals surface area contributed by atoms with E-state index < -0.39 is 0 Å². The number of aliphatic imine (C=N–C) groups is 1. The third-order valence-electron chi connectivity index (χ3n) is 4.99. The molecule has 2 aliphatic rings. The first-order valence-electron chi connectivity index (χ1n) is 8.98. The van der Waals surface area contributed by atoms with Gasteiger partial charge in [0.25, 0.3) is 0 Å². The normalized spacial score (nSPS) is 25.3. The molecule has 2 saturated heterocycles. The Morgan fingerprint density at radius 1 is 1.28 bits per heavy atom. The second-order valence-corrected chi connectivity index (χ2v) is 6.82. The van der Waals surface area contributed by atoms with E-state index in [0.717, 1.165) is 30.9 Å². The van der Waals surface area contributed by atoms with Gasteiger partial charge < -0.3 is 15.4 Å². The number of benzene rings is 1. The third-order valence-corrected chi connectivity index (χ3v) is 4.99. The molecule has 2 N–H and O–H groups in total. The molecular formula is C19H25N5O. The Hall–Kier alpha value is -2.34. The van der Waals surface area contributed by atoms with Gasteiger partial charge in [-0.3, -0.25) is 9.67 Å². The lowest BCUT2D eigenvalue weighted by molar-refractivity contribution is 0.0992. The molecule has 3 atom stereocenters. The van der Waals surface area contributed by atoms with Crippen LogP contribution in [0.1, 0.15) is 30.4 Å². The van der Waals surface area contributed by atoms with Gasteiger partial charge in [0, 0.05) is 25.4 Å². The number of nitrogens with one attached hydrogen (secondary N) is 2. The average Bonchev–Trinajstić information content (AvgIpc) is 3.36. The van der Waals surface area contributed by atoms with E-state index in [1.165, 1.54) is 12.0 Å². The molecule has 0 aliphatic carbocycles. The molecule has 3 heterocycles. The maximum atomic E-state index is 5.89. The van der Waals surface area contributed by atoms with Crippen molar-refractivity contribution in [1.29, 1.82) is 0 Å². The highest BCUT2D eigenvalue weighted by atomic mass is 16.5. The zero-order chi connectivity index (χ0) is 17.1. The predicted molar refractivity (Wildman–Crippen MR) is 97.4 cm³/mol. The number of nitrogens with zero attached hydrogens (tertiary/aromatic N) is 3. The van der Waals surface area contributed by atoms with Crippen molar-refractivity contribution in [3.8, 4) is 0 Å². The van der Waals surface area contributed by atoms with Gasteiger partial charge in [0.05, 0.1) is 31.0 Å². The van der Waals surface area contributed by atoms with E-state index in [4.69, 9.17) is 4.74 Å². The van der Waals surface area contributed by atoms with Gasteiger partial charge in [-0.05, 0) is 24.8 Å². The van der Waals surface area contributed by atoms with Crippen LogP contribution in [-0.4, -0.2) is 41.0 Å². The van der Waals surface area contributed by atoms with E-state index in [9.17, 15) is 0 Å². The molecule has 0 amide bonds. The summed E-state index contributed by atoms with van der Waals surface area (Å²) >= 11 is 0. The van der Waals surface area contributed by atoms with E-state index in [2.05, 4.69) is 51.2 Å². The van der Waals surface area contributed by atoms with Crippen molar-refractivity contribution in [3.05, 3.63) is 53.9 Å². The highest BCUT2D eigenvalue weighted by molar-refractivity contribution is 5.80. The van der Waals surface area contributed by atoms with E-state index in [1.807, 2.05) is 24.0 Å². The van der Waals surface area contributed by atoms with Gasteiger partial charge in [0.1, 0.15) is 0 Å². The minimum atomic E-state index is 0.345. The van der Waals surface area contributed by atoms with E-state index in [0.29, 0.717) is 24.8 Å². The van der Waals surface area contributed by atoms with Crippen molar-refractivity contribution in [2.75, 3.05) is 7.05 Å². The summed E-state index contributed by atoms with van der Waals surface area (Å²) in [7, 11) is 1.81. The molecule has 4 rings (SSSR count). The van der Waals surface area contributed by atoms with Crippen LogP contribution in [0.4, 0.5) is 0 Å². The molecule has 6 heteroatoms. The van der Waals surface area contributed by atoms with Crippen LogP contribution in [0.5, 0.6) is 0 Å². The molecule has 0 saturated carbocycles. The van der Waals surface area contributed by atoms with Crippen molar-refractivity contribution >= 4 is 5.96 Å². The van der Waals surface area contributed by atoms with Crippen LogP contribution in [0.2, 0.25) is 0 Å². The van der Waals surface area contributed by atoms with Crippen LogP contribution in [0.3, 0.4) is 0 Å². The van der Waals surface area contributed by atoms with Gasteiger partial charge in [-0.1, -0.05) is 30.3 Å². The average molecular weight is 339 g/mol. The number of guanidine groups is 1. The Balaban J connectivity index is 1.28. The highest BCUT2D eigenvalue weighted by Gasteiger charge is 2.41. The Morgan fingerprint density at radius 3 is 2.88 bits per heavy atom. The smallest absolute Gasteiger partial charge is 0.191 e. The Kier molecular flexibility index (Phi) is 4.70. The second-order valence-electron chi connectivity index (χ2n) is 6.82. The summed E-state index contributed by atoms with van der Waals surface area (Å²) in [6.45, 7) is 1.49.